The summed E-state index contributed by atoms with van der Waals surface area (Å²) in [6, 6.07) is 7.70. The summed E-state index contributed by atoms with van der Waals surface area (Å²) < 4.78 is 0. The van der Waals surface area contributed by atoms with E-state index in [0.717, 1.165) is 16.5 Å². The van der Waals surface area contributed by atoms with Crippen molar-refractivity contribution in [2.45, 2.75) is 18.7 Å². The average Bonchev–Trinajstić information content (AvgIpc) is 2.38. The molecule has 0 fully saturated rings. The molecule has 2 rings (SSSR count). The molecule has 94 valence electrons. The fraction of sp³-hybridized carbons (Fsp3) is 0.286. The predicted octanol–water partition coefficient (Wildman–Crippen LogP) is 3.59. The maximum Gasteiger partial charge on any atom is 0.238 e. The first kappa shape index (κ1) is 13.0. The van der Waals surface area contributed by atoms with E-state index >= 15 is 0 Å². The summed E-state index contributed by atoms with van der Waals surface area (Å²) in [5.41, 5.74) is 0.824. The predicted molar refractivity (Wildman–Crippen MR) is 77.9 cm³/mol. The maximum atomic E-state index is 12.0. The molecule has 0 spiro atoms. The second kappa shape index (κ2) is 5.48. The van der Waals surface area contributed by atoms with Gasteiger partial charge in [-0.3, -0.25) is 9.78 Å². The van der Waals surface area contributed by atoms with E-state index < -0.39 is 0 Å². The third-order valence-corrected chi connectivity index (χ3v) is 4.25. The standard InChI is InChI=1S/C14H15BrN2O/c1-9(2)13(15)14(18)17-12-5-3-4-10-8-16-7-6-11(10)12/h3-9,13H,1-2H3,(H,17,18). The molecule has 1 atom stereocenters. The number of nitrogens with zero attached hydrogens (tertiary/aromatic N) is 1. The lowest BCUT2D eigenvalue weighted by Crippen LogP contribution is -2.27. The van der Waals surface area contributed by atoms with E-state index in [1.807, 2.05) is 38.1 Å². The van der Waals surface area contributed by atoms with E-state index in [2.05, 4.69) is 26.2 Å². The zero-order valence-electron chi connectivity index (χ0n) is 10.4. The topological polar surface area (TPSA) is 42.0 Å². The summed E-state index contributed by atoms with van der Waals surface area (Å²) in [6.07, 6.45) is 3.52. The van der Waals surface area contributed by atoms with Gasteiger partial charge in [0.05, 0.1) is 4.83 Å². The molecule has 1 aromatic carbocycles. The smallest absolute Gasteiger partial charge is 0.238 e. The molecule has 0 aliphatic carbocycles. The molecule has 0 aliphatic rings. The summed E-state index contributed by atoms with van der Waals surface area (Å²) in [4.78, 5) is 15.9. The number of hydrogen-bond acceptors (Lipinski definition) is 2. The van der Waals surface area contributed by atoms with Crippen LogP contribution in [0.3, 0.4) is 0 Å². The molecule has 0 saturated heterocycles. The maximum absolute atomic E-state index is 12.0. The number of aromatic nitrogens is 1. The minimum atomic E-state index is -0.186. The highest BCUT2D eigenvalue weighted by atomic mass is 79.9. The molecule has 0 radical (unpaired) electrons. The van der Waals surface area contributed by atoms with Crippen LogP contribution in [0.25, 0.3) is 10.8 Å². The molecule has 18 heavy (non-hydrogen) atoms. The van der Waals surface area contributed by atoms with Gasteiger partial charge >= 0.3 is 0 Å². The van der Waals surface area contributed by atoms with Crippen LogP contribution in [0.4, 0.5) is 5.69 Å². The van der Waals surface area contributed by atoms with Crippen LogP contribution in [0, 0.1) is 5.92 Å². The van der Waals surface area contributed by atoms with Crippen LogP contribution in [0.2, 0.25) is 0 Å². The highest BCUT2D eigenvalue weighted by Gasteiger charge is 2.19. The van der Waals surface area contributed by atoms with Crippen LogP contribution >= 0.6 is 15.9 Å². The minimum Gasteiger partial charge on any atom is -0.325 e. The zero-order chi connectivity index (χ0) is 13.1. The zero-order valence-corrected chi connectivity index (χ0v) is 11.9. The van der Waals surface area contributed by atoms with Gasteiger partial charge in [-0.05, 0) is 18.1 Å². The van der Waals surface area contributed by atoms with Crippen molar-refractivity contribution in [1.82, 2.24) is 4.98 Å². The summed E-state index contributed by atoms with van der Waals surface area (Å²) in [5, 5.41) is 4.98. The lowest BCUT2D eigenvalue weighted by atomic mass is 10.1. The normalized spacial score (nSPS) is 12.7. The monoisotopic (exact) mass is 306 g/mol. The minimum absolute atomic E-state index is 0.0192. The van der Waals surface area contributed by atoms with Gasteiger partial charge in [0, 0.05) is 28.9 Å². The highest BCUT2D eigenvalue weighted by Crippen LogP contribution is 2.23. The Bertz CT molecular complexity index is 563. The van der Waals surface area contributed by atoms with Gasteiger partial charge in [-0.15, -0.1) is 0 Å². The Morgan fingerprint density at radius 2 is 2.11 bits per heavy atom. The van der Waals surface area contributed by atoms with E-state index in [1.54, 1.807) is 12.4 Å². The third-order valence-electron chi connectivity index (χ3n) is 2.77. The van der Waals surface area contributed by atoms with Crippen molar-refractivity contribution in [3.63, 3.8) is 0 Å². The van der Waals surface area contributed by atoms with Crippen LogP contribution in [-0.2, 0) is 4.79 Å². The Kier molecular flexibility index (Phi) is 3.97. The Hall–Kier alpha value is -1.42. The summed E-state index contributed by atoms with van der Waals surface area (Å²) in [7, 11) is 0. The van der Waals surface area contributed by atoms with Gasteiger partial charge in [-0.2, -0.15) is 0 Å². The number of hydrogen-bond donors (Lipinski definition) is 1. The SMILES string of the molecule is CC(C)C(Br)C(=O)Nc1cccc2cnccc12. The number of carbonyl (C=O) groups excluding carboxylic acids is 1. The van der Waals surface area contributed by atoms with Crippen LogP contribution in [0.1, 0.15) is 13.8 Å². The Labute approximate surface area is 115 Å². The second-order valence-corrected chi connectivity index (χ2v) is 5.52. The van der Waals surface area contributed by atoms with Gasteiger partial charge in [-0.25, -0.2) is 0 Å². The molecule has 1 unspecified atom stereocenters. The number of nitrogens with one attached hydrogen (secondary N) is 1. The van der Waals surface area contributed by atoms with Gasteiger partial charge in [0.2, 0.25) is 5.91 Å². The molecular formula is C14H15BrN2O. The fourth-order valence-electron chi connectivity index (χ4n) is 1.74. The molecule has 2 aromatic rings. The number of rotatable bonds is 3. The number of halogens is 1. The molecule has 1 amide bonds. The molecule has 0 bridgehead atoms. The van der Waals surface area contributed by atoms with Gasteiger partial charge in [0.1, 0.15) is 0 Å². The van der Waals surface area contributed by atoms with E-state index in [-0.39, 0.29) is 16.7 Å². The van der Waals surface area contributed by atoms with Crippen LogP contribution in [-0.4, -0.2) is 15.7 Å². The molecule has 1 aromatic heterocycles. The van der Waals surface area contributed by atoms with Gasteiger partial charge in [-0.1, -0.05) is 41.9 Å². The van der Waals surface area contributed by atoms with Crippen molar-refractivity contribution in [2.75, 3.05) is 5.32 Å². The van der Waals surface area contributed by atoms with Crippen molar-refractivity contribution in [3.8, 4) is 0 Å². The largest absolute Gasteiger partial charge is 0.325 e. The molecule has 0 saturated carbocycles. The lowest BCUT2D eigenvalue weighted by molar-refractivity contribution is -0.116. The van der Waals surface area contributed by atoms with Crippen LogP contribution < -0.4 is 5.32 Å². The highest BCUT2D eigenvalue weighted by molar-refractivity contribution is 9.10. The number of pyridine rings is 1. The van der Waals surface area contributed by atoms with E-state index in [4.69, 9.17) is 0 Å². The number of fused-ring (bicyclic) bond motifs is 1. The number of alkyl halides is 1. The molecule has 0 aliphatic heterocycles. The summed E-state index contributed by atoms with van der Waals surface area (Å²) >= 11 is 3.40. The number of benzene rings is 1. The van der Waals surface area contributed by atoms with E-state index in [9.17, 15) is 4.79 Å². The molecule has 1 heterocycles. The number of carbonyl (C=O) groups is 1. The van der Waals surface area contributed by atoms with Crippen molar-refractivity contribution in [3.05, 3.63) is 36.7 Å². The summed E-state index contributed by atoms with van der Waals surface area (Å²) in [5.74, 6) is 0.232. The molecule has 4 heteroatoms. The molecule has 3 nitrogen and oxygen atoms in total. The third kappa shape index (κ3) is 2.70. The Balaban J connectivity index is 2.30. The van der Waals surface area contributed by atoms with Gasteiger partial charge in [0.25, 0.3) is 0 Å². The van der Waals surface area contributed by atoms with Crippen molar-refractivity contribution < 1.29 is 4.79 Å². The Morgan fingerprint density at radius 1 is 1.33 bits per heavy atom. The van der Waals surface area contributed by atoms with Gasteiger partial charge in [0.15, 0.2) is 0 Å². The average molecular weight is 307 g/mol. The fourth-order valence-corrected chi connectivity index (χ4v) is 1.85. The van der Waals surface area contributed by atoms with E-state index in [1.165, 1.54) is 0 Å². The Morgan fingerprint density at radius 3 is 2.83 bits per heavy atom. The first-order valence-corrected chi connectivity index (χ1v) is 6.79. The quantitative estimate of drug-likeness (QED) is 0.881. The van der Waals surface area contributed by atoms with Crippen LogP contribution in [0.5, 0.6) is 0 Å². The van der Waals surface area contributed by atoms with Gasteiger partial charge < -0.3 is 5.32 Å². The number of anilines is 1. The first-order chi connectivity index (χ1) is 8.59. The second-order valence-electron chi connectivity index (χ2n) is 4.54. The van der Waals surface area contributed by atoms with E-state index in [0.29, 0.717) is 0 Å². The van der Waals surface area contributed by atoms with Crippen molar-refractivity contribution >= 4 is 38.3 Å². The van der Waals surface area contributed by atoms with Crippen molar-refractivity contribution in [2.24, 2.45) is 5.92 Å². The molecular weight excluding hydrogens is 292 g/mol. The van der Waals surface area contributed by atoms with Crippen molar-refractivity contribution in [1.29, 1.82) is 0 Å². The van der Waals surface area contributed by atoms with Crippen LogP contribution in [0.15, 0.2) is 36.7 Å². The number of amides is 1. The summed E-state index contributed by atoms with van der Waals surface area (Å²) in [6.45, 7) is 4.01. The first-order valence-electron chi connectivity index (χ1n) is 5.87. The molecule has 1 N–H and O–H groups in total. The lowest BCUT2D eigenvalue weighted by Gasteiger charge is -2.14.